The third kappa shape index (κ3) is 2.73. The maximum Gasteiger partial charge on any atom is 0.0557 e. The van der Waals surface area contributed by atoms with Gasteiger partial charge in [-0.3, -0.25) is 0 Å². The van der Waals surface area contributed by atoms with E-state index in [-0.39, 0.29) is 30.3 Å². The Morgan fingerprint density at radius 3 is 2.40 bits per heavy atom. The van der Waals surface area contributed by atoms with E-state index in [0.29, 0.717) is 0 Å². The molecule has 2 aromatic heterocycles. The molecule has 0 fully saturated rings. The molecule has 0 radical (unpaired) electrons. The lowest BCUT2D eigenvalue weighted by Gasteiger charge is -2.34. The first-order valence-corrected chi connectivity index (χ1v) is 9.15. The van der Waals surface area contributed by atoms with Gasteiger partial charge < -0.3 is 10.2 Å². The van der Waals surface area contributed by atoms with Gasteiger partial charge in [-0.25, -0.2) is 0 Å². The molecule has 2 aromatic rings. The summed E-state index contributed by atoms with van der Waals surface area (Å²) in [5.41, 5.74) is 0. The van der Waals surface area contributed by atoms with Crippen molar-refractivity contribution < 1.29 is 10.2 Å². The van der Waals surface area contributed by atoms with Crippen LogP contribution in [0.15, 0.2) is 41.1 Å². The molecule has 106 valence electrons. The van der Waals surface area contributed by atoms with E-state index in [1.54, 1.807) is 34.4 Å². The summed E-state index contributed by atoms with van der Waals surface area (Å²) in [6, 6.07) is 8.32. The van der Waals surface area contributed by atoms with E-state index in [1.807, 2.05) is 12.1 Å². The summed E-state index contributed by atoms with van der Waals surface area (Å²) in [7, 11) is 0. The fourth-order valence-electron chi connectivity index (χ4n) is 2.54. The molecule has 0 unspecified atom stereocenters. The molecule has 3 rings (SSSR count). The Bertz CT molecular complexity index is 560. The first-order chi connectivity index (χ1) is 9.83. The van der Waals surface area contributed by atoms with E-state index < -0.39 is 0 Å². The van der Waals surface area contributed by atoms with Crippen LogP contribution in [0.25, 0.3) is 4.91 Å². The normalized spacial score (nSPS) is 26.5. The predicted molar refractivity (Wildman–Crippen MR) is 88.4 cm³/mol. The Labute approximate surface area is 130 Å². The Morgan fingerprint density at radius 1 is 1.00 bits per heavy atom. The number of thioether (sulfide) groups is 1. The molecule has 20 heavy (non-hydrogen) atoms. The average molecular weight is 324 g/mol. The maximum absolute atomic E-state index is 9.73. The highest BCUT2D eigenvalue weighted by molar-refractivity contribution is 8.09. The van der Waals surface area contributed by atoms with Crippen LogP contribution in [0.2, 0.25) is 0 Å². The summed E-state index contributed by atoms with van der Waals surface area (Å²) in [4.78, 5) is 3.73. The number of aliphatic hydroxyl groups excluding tert-OH is 2. The molecule has 3 heterocycles. The summed E-state index contributed by atoms with van der Waals surface area (Å²) >= 11 is 5.13. The number of rotatable bonds is 4. The van der Waals surface area contributed by atoms with Gasteiger partial charge in [-0.15, -0.1) is 34.4 Å². The molecule has 2 N–H and O–H groups in total. The Kier molecular flexibility index (Phi) is 4.63. The van der Waals surface area contributed by atoms with Crippen LogP contribution in [-0.4, -0.2) is 28.7 Å². The first kappa shape index (κ1) is 14.4. The Hall–Kier alpha value is -0.590. The minimum atomic E-state index is 0.0502. The molecule has 1 aliphatic rings. The van der Waals surface area contributed by atoms with Crippen molar-refractivity contribution in [3.05, 3.63) is 50.9 Å². The molecule has 0 aromatic carbocycles. The van der Waals surface area contributed by atoms with E-state index in [2.05, 4.69) is 29.0 Å². The van der Waals surface area contributed by atoms with Gasteiger partial charge >= 0.3 is 0 Å². The quantitative estimate of drug-likeness (QED) is 0.902. The average Bonchev–Trinajstić information content (AvgIpc) is 3.18. The molecule has 0 saturated carbocycles. The standard InChI is InChI=1S/C15H16O2S3/c16-8-11-10(12-3-1-5-18-12)7-14(20-15(11)9-17)13-4-2-6-19-13/h1-7,10-11,15-17H,8-9H2/t10-,11-,15+/m0/s1. The highest BCUT2D eigenvalue weighted by Crippen LogP contribution is 2.48. The zero-order chi connectivity index (χ0) is 13.9. The molecule has 0 spiro atoms. The van der Waals surface area contributed by atoms with Crippen molar-refractivity contribution in [2.45, 2.75) is 11.2 Å². The highest BCUT2D eigenvalue weighted by atomic mass is 32.2. The smallest absolute Gasteiger partial charge is 0.0557 e. The lowest BCUT2D eigenvalue weighted by molar-refractivity contribution is 0.180. The number of thiophene rings is 2. The number of aliphatic hydroxyl groups is 2. The van der Waals surface area contributed by atoms with Gasteiger partial charge in [0.05, 0.1) is 6.61 Å². The summed E-state index contributed by atoms with van der Waals surface area (Å²) in [5, 5.41) is 23.6. The summed E-state index contributed by atoms with van der Waals surface area (Å²) in [5.74, 6) is 0.267. The minimum Gasteiger partial charge on any atom is -0.396 e. The largest absolute Gasteiger partial charge is 0.396 e. The third-order valence-electron chi connectivity index (χ3n) is 3.57. The molecule has 0 amide bonds. The van der Waals surface area contributed by atoms with Gasteiger partial charge in [0.1, 0.15) is 0 Å². The van der Waals surface area contributed by atoms with Crippen molar-refractivity contribution in [2.75, 3.05) is 13.2 Å². The fraction of sp³-hybridized carbons (Fsp3) is 0.333. The van der Waals surface area contributed by atoms with Gasteiger partial charge in [-0.2, -0.15) is 0 Å². The van der Waals surface area contributed by atoms with E-state index >= 15 is 0 Å². The van der Waals surface area contributed by atoms with Crippen LogP contribution in [0.1, 0.15) is 15.7 Å². The van der Waals surface area contributed by atoms with E-state index in [1.165, 1.54) is 14.7 Å². The second kappa shape index (κ2) is 6.45. The van der Waals surface area contributed by atoms with Crippen molar-refractivity contribution in [3.63, 3.8) is 0 Å². The SMILES string of the molecule is OC[C@H]1[C@@H](c2cccs2)C=C(c2cccs2)S[C@@H]1CO. The lowest BCUT2D eigenvalue weighted by Crippen LogP contribution is -2.31. The summed E-state index contributed by atoms with van der Waals surface area (Å²) < 4.78 is 0. The molecule has 1 aliphatic heterocycles. The summed E-state index contributed by atoms with van der Waals surface area (Å²) in [6.07, 6.45) is 2.26. The highest BCUT2D eigenvalue weighted by Gasteiger charge is 2.35. The first-order valence-electron chi connectivity index (χ1n) is 6.51. The van der Waals surface area contributed by atoms with Crippen LogP contribution in [0.3, 0.4) is 0 Å². The molecular formula is C15H16O2S3. The zero-order valence-electron chi connectivity index (χ0n) is 10.8. The minimum absolute atomic E-state index is 0.0502. The van der Waals surface area contributed by atoms with Crippen molar-refractivity contribution in [2.24, 2.45) is 5.92 Å². The zero-order valence-corrected chi connectivity index (χ0v) is 13.3. The van der Waals surface area contributed by atoms with E-state index in [4.69, 9.17) is 0 Å². The fourth-order valence-corrected chi connectivity index (χ4v) is 5.59. The Morgan fingerprint density at radius 2 is 1.80 bits per heavy atom. The van der Waals surface area contributed by atoms with Gasteiger partial charge in [-0.1, -0.05) is 18.2 Å². The van der Waals surface area contributed by atoms with Gasteiger partial charge in [0.25, 0.3) is 0 Å². The molecule has 0 bridgehead atoms. The van der Waals surface area contributed by atoms with E-state index in [9.17, 15) is 10.2 Å². The van der Waals surface area contributed by atoms with Gasteiger partial charge in [0, 0.05) is 38.4 Å². The van der Waals surface area contributed by atoms with Crippen LogP contribution >= 0.6 is 34.4 Å². The van der Waals surface area contributed by atoms with Gasteiger partial charge in [0.15, 0.2) is 0 Å². The molecule has 3 atom stereocenters. The monoisotopic (exact) mass is 324 g/mol. The third-order valence-corrected chi connectivity index (χ3v) is 6.99. The molecule has 2 nitrogen and oxygen atoms in total. The van der Waals surface area contributed by atoms with E-state index in [0.717, 1.165) is 0 Å². The molecular weight excluding hydrogens is 308 g/mol. The molecule has 0 aliphatic carbocycles. The summed E-state index contributed by atoms with van der Waals surface area (Å²) in [6.45, 7) is 0.204. The van der Waals surface area contributed by atoms with Crippen molar-refractivity contribution >= 4 is 39.3 Å². The van der Waals surface area contributed by atoms with Crippen LogP contribution in [0, 0.1) is 5.92 Å². The van der Waals surface area contributed by atoms with Crippen molar-refractivity contribution in [3.8, 4) is 0 Å². The van der Waals surface area contributed by atoms with Crippen LogP contribution in [-0.2, 0) is 0 Å². The van der Waals surface area contributed by atoms with Crippen molar-refractivity contribution in [1.82, 2.24) is 0 Å². The van der Waals surface area contributed by atoms with Crippen LogP contribution in [0.4, 0.5) is 0 Å². The maximum atomic E-state index is 9.73. The number of hydrogen-bond donors (Lipinski definition) is 2. The van der Waals surface area contributed by atoms with Gasteiger partial charge in [0.2, 0.25) is 0 Å². The number of hydrogen-bond acceptors (Lipinski definition) is 5. The second-order valence-corrected chi connectivity index (χ2v) is 7.94. The molecule has 0 saturated heterocycles. The van der Waals surface area contributed by atoms with Crippen molar-refractivity contribution in [1.29, 1.82) is 0 Å². The second-order valence-electron chi connectivity index (χ2n) is 4.73. The number of allylic oxidation sites excluding steroid dienone is 1. The lowest BCUT2D eigenvalue weighted by atomic mass is 9.87. The molecule has 5 heteroatoms. The topological polar surface area (TPSA) is 40.5 Å². The van der Waals surface area contributed by atoms with Crippen LogP contribution < -0.4 is 0 Å². The van der Waals surface area contributed by atoms with Gasteiger partial charge in [-0.05, 0) is 22.9 Å². The predicted octanol–water partition coefficient (Wildman–Crippen LogP) is 3.65. The Balaban J connectivity index is 2.00. The van der Waals surface area contributed by atoms with Crippen LogP contribution in [0.5, 0.6) is 0 Å².